The smallest absolute Gasteiger partial charge is 0.304 e. The molecule has 122 valence electrons. The summed E-state index contributed by atoms with van der Waals surface area (Å²) in [6.07, 6.45) is 1.53. The molecule has 1 saturated heterocycles. The lowest BCUT2D eigenvalue weighted by Crippen LogP contribution is -2.50. The Morgan fingerprint density at radius 2 is 1.77 bits per heavy atom. The van der Waals surface area contributed by atoms with Gasteiger partial charge in [-0.05, 0) is 30.9 Å². The van der Waals surface area contributed by atoms with Gasteiger partial charge >= 0.3 is 10.2 Å². The number of nitrogens with zero attached hydrogens (tertiary/aromatic N) is 2. The van der Waals surface area contributed by atoms with E-state index < -0.39 is 21.8 Å². The molecule has 0 atom stereocenters. The Morgan fingerprint density at radius 1 is 1.14 bits per heavy atom. The van der Waals surface area contributed by atoms with Crippen LogP contribution >= 0.6 is 0 Å². The molecule has 2 aliphatic heterocycles. The SMILES string of the molecule is CC1CCN(S(=O)(=O)N2CCOc3c(F)ccc(F)c32)CC1. The van der Waals surface area contributed by atoms with Crippen molar-refractivity contribution >= 4 is 15.9 Å². The highest BCUT2D eigenvalue weighted by molar-refractivity contribution is 7.90. The summed E-state index contributed by atoms with van der Waals surface area (Å²) in [7, 11) is -3.88. The second-order valence-corrected chi connectivity index (χ2v) is 7.57. The Labute approximate surface area is 128 Å². The minimum absolute atomic E-state index is 0.00313. The Balaban J connectivity index is 1.98. The molecule has 1 aromatic carbocycles. The highest BCUT2D eigenvalue weighted by Gasteiger charge is 2.38. The van der Waals surface area contributed by atoms with Crippen molar-refractivity contribution in [2.75, 3.05) is 30.5 Å². The van der Waals surface area contributed by atoms with Gasteiger partial charge < -0.3 is 4.74 Å². The van der Waals surface area contributed by atoms with E-state index >= 15 is 0 Å². The van der Waals surface area contributed by atoms with Crippen molar-refractivity contribution < 1.29 is 21.9 Å². The van der Waals surface area contributed by atoms with Crippen LogP contribution in [0.15, 0.2) is 12.1 Å². The van der Waals surface area contributed by atoms with Gasteiger partial charge in [-0.3, -0.25) is 0 Å². The average molecular weight is 332 g/mol. The number of rotatable bonds is 2. The number of halogens is 2. The first-order valence-electron chi connectivity index (χ1n) is 7.30. The van der Waals surface area contributed by atoms with E-state index in [1.165, 1.54) is 4.31 Å². The minimum Gasteiger partial charge on any atom is -0.486 e. The zero-order chi connectivity index (χ0) is 15.9. The number of fused-ring (bicyclic) bond motifs is 1. The van der Waals surface area contributed by atoms with Crippen molar-refractivity contribution in [2.45, 2.75) is 19.8 Å². The van der Waals surface area contributed by atoms with Gasteiger partial charge in [0.2, 0.25) is 0 Å². The van der Waals surface area contributed by atoms with Crippen LogP contribution in [0.3, 0.4) is 0 Å². The fraction of sp³-hybridized carbons (Fsp3) is 0.571. The van der Waals surface area contributed by atoms with Crippen LogP contribution in [-0.2, 0) is 10.2 Å². The van der Waals surface area contributed by atoms with Crippen LogP contribution in [-0.4, -0.2) is 39.0 Å². The third kappa shape index (κ3) is 2.54. The summed E-state index contributed by atoms with van der Waals surface area (Å²) in [5.74, 6) is -1.42. The summed E-state index contributed by atoms with van der Waals surface area (Å²) in [6, 6.07) is 1.86. The summed E-state index contributed by atoms with van der Waals surface area (Å²) in [4.78, 5) is 0. The van der Waals surface area contributed by atoms with Crippen LogP contribution in [0.5, 0.6) is 5.75 Å². The molecule has 5 nitrogen and oxygen atoms in total. The molecule has 8 heteroatoms. The lowest BCUT2D eigenvalue weighted by atomic mass is 10.0. The van der Waals surface area contributed by atoms with Crippen LogP contribution in [0.25, 0.3) is 0 Å². The average Bonchev–Trinajstić information content (AvgIpc) is 2.51. The molecule has 0 bridgehead atoms. The van der Waals surface area contributed by atoms with Crippen LogP contribution in [0.4, 0.5) is 14.5 Å². The van der Waals surface area contributed by atoms with E-state index in [1.807, 2.05) is 0 Å². The van der Waals surface area contributed by atoms with Crippen LogP contribution in [0, 0.1) is 17.6 Å². The van der Waals surface area contributed by atoms with Gasteiger partial charge in [-0.1, -0.05) is 6.92 Å². The number of hydrogen-bond donors (Lipinski definition) is 0. The molecule has 2 aliphatic rings. The van der Waals surface area contributed by atoms with E-state index in [1.54, 1.807) is 0 Å². The molecule has 0 N–H and O–H groups in total. The molecule has 0 radical (unpaired) electrons. The summed E-state index contributed by atoms with van der Waals surface area (Å²) >= 11 is 0. The monoisotopic (exact) mass is 332 g/mol. The molecule has 0 amide bonds. The highest BCUT2D eigenvalue weighted by atomic mass is 32.2. The minimum atomic E-state index is -3.88. The maximum atomic E-state index is 14.1. The predicted octanol–water partition coefficient (Wildman–Crippen LogP) is 2.14. The molecule has 22 heavy (non-hydrogen) atoms. The fourth-order valence-corrected chi connectivity index (χ4v) is 4.48. The van der Waals surface area contributed by atoms with E-state index in [2.05, 4.69) is 6.92 Å². The standard InChI is InChI=1S/C14H18F2N2O3S/c1-10-4-6-17(7-5-10)22(19,20)18-8-9-21-14-12(16)3-2-11(15)13(14)18/h2-3,10H,4-9H2,1H3. The normalized spacial score (nSPS) is 20.6. The fourth-order valence-electron chi connectivity index (χ4n) is 2.82. The number of piperidine rings is 1. The molecule has 3 rings (SSSR count). The number of benzene rings is 1. The largest absolute Gasteiger partial charge is 0.486 e. The maximum absolute atomic E-state index is 14.1. The van der Waals surface area contributed by atoms with Gasteiger partial charge in [0.1, 0.15) is 12.3 Å². The van der Waals surface area contributed by atoms with Crippen molar-refractivity contribution in [1.82, 2.24) is 4.31 Å². The number of anilines is 1. The highest BCUT2D eigenvalue weighted by Crippen LogP contribution is 2.39. The zero-order valence-corrected chi connectivity index (χ0v) is 13.1. The van der Waals surface area contributed by atoms with Crippen LogP contribution in [0.2, 0.25) is 0 Å². The first-order chi connectivity index (χ1) is 10.4. The van der Waals surface area contributed by atoms with Crippen molar-refractivity contribution in [3.05, 3.63) is 23.8 Å². The van der Waals surface area contributed by atoms with Crippen LogP contribution in [0.1, 0.15) is 19.8 Å². The van der Waals surface area contributed by atoms with Crippen molar-refractivity contribution in [3.8, 4) is 5.75 Å². The predicted molar refractivity (Wildman–Crippen MR) is 78.1 cm³/mol. The van der Waals surface area contributed by atoms with Gasteiger partial charge in [-0.15, -0.1) is 0 Å². The maximum Gasteiger partial charge on any atom is 0.304 e. The van der Waals surface area contributed by atoms with Gasteiger partial charge in [0.15, 0.2) is 17.4 Å². The van der Waals surface area contributed by atoms with E-state index in [-0.39, 0.29) is 24.6 Å². The summed E-state index contributed by atoms with van der Waals surface area (Å²) < 4.78 is 60.8. The van der Waals surface area contributed by atoms with Gasteiger partial charge in [0, 0.05) is 13.1 Å². The second-order valence-electron chi connectivity index (χ2n) is 5.72. The molecular formula is C14H18F2N2O3S. The van der Waals surface area contributed by atoms with Gasteiger partial charge in [0.25, 0.3) is 0 Å². The van der Waals surface area contributed by atoms with Crippen molar-refractivity contribution in [2.24, 2.45) is 5.92 Å². The lowest BCUT2D eigenvalue weighted by molar-refractivity contribution is 0.276. The molecule has 2 heterocycles. The molecule has 0 saturated carbocycles. The lowest BCUT2D eigenvalue weighted by Gasteiger charge is -2.37. The summed E-state index contributed by atoms with van der Waals surface area (Å²) in [6.45, 7) is 2.84. The first kappa shape index (κ1) is 15.5. The summed E-state index contributed by atoms with van der Waals surface area (Å²) in [5, 5.41) is 0. The van der Waals surface area contributed by atoms with E-state index in [0.717, 1.165) is 29.3 Å². The van der Waals surface area contributed by atoms with Gasteiger partial charge in [0.05, 0.1) is 6.54 Å². The van der Waals surface area contributed by atoms with E-state index in [0.29, 0.717) is 19.0 Å². The van der Waals surface area contributed by atoms with E-state index in [9.17, 15) is 17.2 Å². The van der Waals surface area contributed by atoms with Crippen LogP contribution < -0.4 is 9.04 Å². The first-order valence-corrected chi connectivity index (χ1v) is 8.69. The van der Waals surface area contributed by atoms with Gasteiger partial charge in [-0.2, -0.15) is 12.7 Å². The Morgan fingerprint density at radius 3 is 2.45 bits per heavy atom. The molecule has 0 aliphatic carbocycles. The molecule has 0 unspecified atom stereocenters. The van der Waals surface area contributed by atoms with Crippen molar-refractivity contribution in [1.29, 1.82) is 0 Å². The topological polar surface area (TPSA) is 49.9 Å². The molecular weight excluding hydrogens is 314 g/mol. The zero-order valence-electron chi connectivity index (χ0n) is 12.3. The molecule has 1 aromatic rings. The third-order valence-electron chi connectivity index (χ3n) is 4.17. The molecule has 0 aromatic heterocycles. The Hall–Kier alpha value is -1.41. The quantitative estimate of drug-likeness (QED) is 0.834. The second kappa shape index (κ2) is 5.66. The molecule has 1 fully saturated rings. The van der Waals surface area contributed by atoms with E-state index in [4.69, 9.17) is 4.74 Å². The Kier molecular flexibility index (Phi) is 3.98. The van der Waals surface area contributed by atoms with Gasteiger partial charge in [-0.25, -0.2) is 13.1 Å². The molecule has 0 spiro atoms. The number of ether oxygens (including phenoxy) is 1. The van der Waals surface area contributed by atoms with Crippen molar-refractivity contribution in [3.63, 3.8) is 0 Å². The Bertz CT molecular complexity index is 673. The third-order valence-corrected chi connectivity index (χ3v) is 6.11. The summed E-state index contributed by atoms with van der Waals surface area (Å²) in [5.41, 5.74) is -0.329. The number of hydrogen-bond acceptors (Lipinski definition) is 3.